The summed E-state index contributed by atoms with van der Waals surface area (Å²) in [6.45, 7) is 0. The van der Waals surface area contributed by atoms with Crippen molar-refractivity contribution in [3.8, 4) is 0 Å². The average Bonchev–Trinajstić information content (AvgIpc) is 1.90. The van der Waals surface area contributed by atoms with Gasteiger partial charge in [-0.3, -0.25) is 0 Å². The second-order valence-electron chi connectivity index (χ2n) is 1.60. The van der Waals surface area contributed by atoms with E-state index in [1.54, 1.807) is 24.6 Å². The lowest BCUT2D eigenvalue weighted by molar-refractivity contribution is -0.108. The first-order chi connectivity index (χ1) is 3.93. The minimum absolute atomic E-state index is 0.0174. The highest BCUT2D eigenvalue weighted by Crippen LogP contribution is 1.98. The Hall–Kier alpha value is -1.05. The molecule has 0 atom stereocenters. The number of dihydropyridines is 1. The van der Waals surface area contributed by atoms with Crippen molar-refractivity contribution < 1.29 is 4.79 Å². The van der Waals surface area contributed by atoms with Gasteiger partial charge in [0, 0.05) is 0 Å². The summed E-state index contributed by atoms with van der Waals surface area (Å²) in [5, 5.41) is 2.83. The van der Waals surface area contributed by atoms with Crippen LogP contribution in [0.25, 0.3) is 0 Å². The van der Waals surface area contributed by atoms with Crippen LogP contribution >= 0.6 is 0 Å². The van der Waals surface area contributed by atoms with E-state index >= 15 is 0 Å². The van der Waals surface area contributed by atoms with Gasteiger partial charge in [0.05, 0.1) is 5.92 Å². The molecule has 1 aliphatic heterocycles. The number of nitrogens with one attached hydrogen (secondary N) is 1. The van der Waals surface area contributed by atoms with Crippen molar-refractivity contribution in [1.29, 1.82) is 0 Å². The summed E-state index contributed by atoms with van der Waals surface area (Å²) in [4.78, 5) is 10.0. The van der Waals surface area contributed by atoms with Crippen LogP contribution in [0.3, 0.4) is 0 Å². The van der Waals surface area contributed by atoms with E-state index in [4.69, 9.17) is 0 Å². The first-order valence-corrected chi connectivity index (χ1v) is 2.48. The Morgan fingerprint density at radius 1 is 1.38 bits per heavy atom. The van der Waals surface area contributed by atoms with Crippen LogP contribution in [-0.2, 0) is 4.79 Å². The fraction of sp³-hybridized carbons (Fsp3) is 0.167. The standard InChI is InChI=1S/C6H7NO/c8-5-6-1-3-7-4-2-6/h1-7H. The summed E-state index contributed by atoms with van der Waals surface area (Å²) in [5.74, 6) is -0.0174. The zero-order chi connectivity index (χ0) is 5.82. The van der Waals surface area contributed by atoms with Crippen molar-refractivity contribution in [3.05, 3.63) is 24.6 Å². The van der Waals surface area contributed by atoms with E-state index in [1.165, 1.54) is 0 Å². The van der Waals surface area contributed by atoms with Gasteiger partial charge >= 0.3 is 0 Å². The third-order valence-corrected chi connectivity index (χ3v) is 0.986. The van der Waals surface area contributed by atoms with E-state index in [2.05, 4.69) is 5.32 Å². The van der Waals surface area contributed by atoms with Crippen LogP contribution in [0.5, 0.6) is 0 Å². The summed E-state index contributed by atoms with van der Waals surface area (Å²) in [6.07, 6.45) is 7.99. The molecule has 0 fully saturated rings. The molecule has 0 amide bonds. The number of carbonyl (C=O) groups excluding carboxylic acids is 1. The smallest absolute Gasteiger partial charge is 0.130 e. The molecule has 0 radical (unpaired) electrons. The second-order valence-corrected chi connectivity index (χ2v) is 1.60. The van der Waals surface area contributed by atoms with Gasteiger partial charge in [-0.2, -0.15) is 0 Å². The normalized spacial score (nSPS) is 18.0. The molecule has 2 nitrogen and oxygen atoms in total. The number of hydrogen-bond acceptors (Lipinski definition) is 2. The highest BCUT2D eigenvalue weighted by molar-refractivity contribution is 5.59. The Kier molecular flexibility index (Phi) is 1.47. The predicted molar refractivity (Wildman–Crippen MR) is 31.0 cm³/mol. The molecule has 1 rings (SSSR count). The number of hydrogen-bond donors (Lipinski definition) is 1. The quantitative estimate of drug-likeness (QED) is 0.495. The monoisotopic (exact) mass is 109 g/mol. The fourth-order valence-corrected chi connectivity index (χ4v) is 0.544. The van der Waals surface area contributed by atoms with Crippen molar-refractivity contribution in [1.82, 2.24) is 5.32 Å². The maximum atomic E-state index is 10.0. The molecule has 42 valence electrons. The lowest BCUT2D eigenvalue weighted by Crippen LogP contribution is -2.04. The molecule has 0 bridgehead atoms. The molecule has 2 heteroatoms. The molecule has 0 aromatic rings. The van der Waals surface area contributed by atoms with Gasteiger partial charge in [-0.05, 0) is 12.4 Å². The molecule has 8 heavy (non-hydrogen) atoms. The summed E-state index contributed by atoms with van der Waals surface area (Å²) in [6, 6.07) is 0. The van der Waals surface area contributed by atoms with Gasteiger partial charge < -0.3 is 10.1 Å². The molecule has 0 saturated carbocycles. The van der Waals surface area contributed by atoms with Crippen molar-refractivity contribution in [3.63, 3.8) is 0 Å². The van der Waals surface area contributed by atoms with Crippen LogP contribution in [0.2, 0.25) is 0 Å². The minimum atomic E-state index is -0.0174. The molecule has 0 unspecified atom stereocenters. The van der Waals surface area contributed by atoms with Crippen LogP contribution in [0.15, 0.2) is 24.6 Å². The highest BCUT2D eigenvalue weighted by Gasteiger charge is 1.96. The molecular weight excluding hydrogens is 102 g/mol. The lowest BCUT2D eigenvalue weighted by atomic mass is 10.1. The van der Waals surface area contributed by atoms with Gasteiger partial charge in [-0.1, -0.05) is 12.2 Å². The predicted octanol–water partition coefficient (Wildman–Crippen LogP) is 0.432. The SMILES string of the molecule is O=CC1C=CNC=C1. The number of aldehydes is 1. The van der Waals surface area contributed by atoms with E-state index in [0.29, 0.717) is 0 Å². The molecule has 1 heterocycles. The highest BCUT2D eigenvalue weighted by atomic mass is 16.1. The Morgan fingerprint density at radius 3 is 2.38 bits per heavy atom. The maximum absolute atomic E-state index is 10.0. The summed E-state index contributed by atoms with van der Waals surface area (Å²) in [7, 11) is 0. The zero-order valence-corrected chi connectivity index (χ0v) is 4.37. The van der Waals surface area contributed by atoms with Crippen molar-refractivity contribution in [2.45, 2.75) is 0 Å². The summed E-state index contributed by atoms with van der Waals surface area (Å²) in [5.41, 5.74) is 0. The molecule has 0 aliphatic carbocycles. The first-order valence-electron chi connectivity index (χ1n) is 2.48. The van der Waals surface area contributed by atoms with E-state index in [-0.39, 0.29) is 5.92 Å². The Balaban J connectivity index is 2.54. The van der Waals surface area contributed by atoms with E-state index in [9.17, 15) is 4.79 Å². The molecule has 1 aliphatic rings. The van der Waals surface area contributed by atoms with E-state index in [1.807, 2.05) is 0 Å². The third kappa shape index (κ3) is 0.964. The van der Waals surface area contributed by atoms with Crippen molar-refractivity contribution in [2.24, 2.45) is 5.92 Å². The van der Waals surface area contributed by atoms with Crippen molar-refractivity contribution in [2.75, 3.05) is 0 Å². The largest absolute Gasteiger partial charge is 0.368 e. The van der Waals surface area contributed by atoms with Gasteiger partial charge in [-0.25, -0.2) is 0 Å². The number of rotatable bonds is 1. The summed E-state index contributed by atoms with van der Waals surface area (Å²) >= 11 is 0. The van der Waals surface area contributed by atoms with E-state index < -0.39 is 0 Å². The fourth-order valence-electron chi connectivity index (χ4n) is 0.544. The van der Waals surface area contributed by atoms with Gasteiger partial charge in [0.1, 0.15) is 6.29 Å². The van der Waals surface area contributed by atoms with Gasteiger partial charge in [0.25, 0.3) is 0 Å². The Bertz CT molecular complexity index is 125. The molecule has 0 aromatic heterocycles. The zero-order valence-electron chi connectivity index (χ0n) is 4.37. The molecule has 1 N–H and O–H groups in total. The Labute approximate surface area is 47.9 Å². The van der Waals surface area contributed by atoms with Crippen LogP contribution in [0, 0.1) is 5.92 Å². The number of carbonyl (C=O) groups is 1. The molecular formula is C6H7NO. The van der Waals surface area contributed by atoms with E-state index in [0.717, 1.165) is 6.29 Å². The first kappa shape index (κ1) is 5.09. The average molecular weight is 109 g/mol. The Morgan fingerprint density at radius 2 is 2.00 bits per heavy atom. The summed E-state index contributed by atoms with van der Waals surface area (Å²) < 4.78 is 0. The van der Waals surface area contributed by atoms with Crippen LogP contribution in [0.4, 0.5) is 0 Å². The van der Waals surface area contributed by atoms with Crippen LogP contribution < -0.4 is 5.32 Å². The lowest BCUT2D eigenvalue weighted by Gasteiger charge is -2.01. The molecule has 0 spiro atoms. The van der Waals surface area contributed by atoms with Crippen LogP contribution in [-0.4, -0.2) is 6.29 Å². The third-order valence-electron chi connectivity index (χ3n) is 0.986. The van der Waals surface area contributed by atoms with Gasteiger partial charge in [0.15, 0.2) is 0 Å². The second kappa shape index (κ2) is 2.31. The van der Waals surface area contributed by atoms with Crippen molar-refractivity contribution >= 4 is 6.29 Å². The number of allylic oxidation sites excluding steroid dienone is 2. The molecule has 0 aromatic carbocycles. The van der Waals surface area contributed by atoms with Gasteiger partial charge in [0.2, 0.25) is 0 Å². The topological polar surface area (TPSA) is 29.1 Å². The van der Waals surface area contributed by atoms with Crippen LogP contribution in [0.1, 0.15) is 0 Å². The minimum Gasteiger partial charge on any atom is -0.368 e. The molecule has 0 saturated heterocycles. The van der Waals surface area contributed by atoms with Gasteiger partial charge in [-0.15, -0.1) is 0 Å². The maximum Gasteiger partial charge on any atom is 0.130 e.